The summed E-state index contributed by atoms with van der Waals surface area (Å²) in [5.74, 6) is 0. The number of imidazole rings is 1. The first kappa shape index (κ1) is 19.0. The van der Waals surface area contributed by atoms with E-state index in [0.29, 0.717) is 0 Å². The third-order valence-corrected chi connectivity index (χ3v) is 6.52. The molecule has 1 aliphatic rings. The summed E-state index contributed by atoms with van der Waals surface area (Å²) in [5.41, 5.74) is 7.45. The van der Waals surface area contributed by atoms with Crippen molar-refractivity contribution in [1.29, 1.82) is 0 Å². The zero-order valence-electron chi connectivity index (χ0n) is 18.1. The summed E-state index contributed by atoms with van der Waals surface area (Å²) in [5, 5.41) is 2.28. The molecule has 32 heavy (non-hydrogen) atoms. The zero-order chi connectivity index (χ0) is 21.8. The monoisotopic (exact) mass is 421 g/mol. The fraction of sp³-hybridized carbons (Fsp3) is 0.192. The van der Waals surface area contributed by atoms with Crippen LogP contribution in [0.4, 0.5) is 0 Å². The van der Waals surface area contributed by atoms with E-state index < -0.39 is 0 Å². The molecule has 5 aromatic rings. The van der Waals surface area contributed by atoms with Gasteiger partial charge in [-0.15, -0.1) is 0 Å². The van der Waals surface area contributed by atoms with E-state index in [-0.39, 0.29) is 5.56 Å². The molecule has 0 N–H and O–H groups in total. The molecule has 158 valence electrons. The molecule has 5 heterocycles. The Hall–Kier alpha value is -3.77. The lowest BCUT2D eigenvalue weighted by atomic mass is 9.94. The number of aromatic nitrogens is 4. The highest BCUT2D eigenvalue weighted by molar-refractivity contribution is 5.86. The van der Waals surface area contributed by atoms with Crippen molar-refractivity contribution < 1.29 is 0 Å². The summed E-state index contributed by atoms with van der Waals surface area (Å²) in [6.45, 7) is 1.70. The first-order chi connectivity index (χ1) is 15.6. The first-order valence-electron chi connectivity index (χ1n) is 10.8. The van der Waals surface area contributed by atoms with Crippen molar-refractivity contribution in [3.63, 3.8) is 0 Å². The van der Waals surface area contributed by atoms with E-state index in [2.05, 4.69) is 57.9 Å². The molecule has 0 amide bonds. The van der Waals surface area contributed by atoms with Gasteiger partial charge >= 0.3 is 0 Å². The molecular weight excluding hydrogens is 398 g/mol. The fourth-order valence-corrected chi connectivity index (χ4v) is 4.78. The minimum absolute atomic E-state index is 0.118. The Morgan fingerprint density at radius 1 is 0.938 bits per heavy atom. The summed E-state index contributed by atoms with van der Waals surface area (Å²) in [6.07, 6.45) is 10.5. The summed E-state index contributed by atoms with van der Waals surface area (Å²) in [4.78, 5) is 23.9. The smallest absolute Gasteiger partial charge is 0.253 e. The lowest BCUT2D eigenvalue weighted by Gasteiger charge is -2.27. The minimum Gasteiger partial charge on any atom is -0.318 e. The van der Waals surface area contributed by atoms with Gasteiger partial charge in [-0.2, -0.15) is 0 Å². The molecule has 1 aromatic carbocycles. The molecule has 6 rings (SSSR count). The van der Waals surface area contributed by atoms with Gasteiger partial charge in [0.25, 0.3) is 5.56 Å². The van der Waals surface area contributed by atoms with Crippen LogP contribution in [0.2, 0.25) is 0 Å². The van der Waals surface area contributed by atoms with Crippen molar-refractivity contribution in [1.82, 2.24) is 23.8 Å². The summed E-state index contributed by atoms with van der Waals surface area (Å²) in [7, 11) is 3.94. The van der Waals surface area contributed by atoms with E-state index >= 15 is 0 Å². The predicted octanol–water partition coefficient (Wildman–Crippen LogP) is 3.90. The minimum atomic E-state index is 0.118. The highest BCUT2D eigenvalue weighted by Gasteiger charge is 2.22. The maximum Gasteiger partial charge on any atom is 0.253 e. The quantitative estimate of drug-likeness (QED) is 0.434. The van der Waals surface area contributed by atoms with Crippen molar-refractivity contribution in [3.05, 3.63) is 88.9 Å². The SMILES string of the molecule is CN1CCc2c(c(-c3ccn4c(-c5ccc6cnccc6c5)cnc4c3)cn(C)c2=O)C1. The second kappa shape index (κ2) is 7.14. The van der Waals surface area contributed by atoms with Gasteiger partial charge in [0.2, 0.25) is 0 Å². The van der Waals surface area contributed by atoms with Gasteiger partial charge in [-0.25, -0.2) is 4.98 Å². The molecular formula is C26H23N5O. The second-order valence-corrected chi connectivity index (χ2v) is 8.63. The van der Waals surface area contributed by atoms with Crippen molar-refractivity contribution in [2.75, 3.05) is 13.6 Å². The van der Waals surface area contributed by atoms with Crippen molar-refractivity contribution in [2.45, 2.75) is 13.0 Å². The number of fused-ring (bicyclic) bond motifs is 3. The maximum absolute atomic E-state index is 12.7. The van der Waals surface area contributed by atoms with Gasteiger partial charge < -0.3 is 9.47 Å². The standard InChI is InChI=1S/C26H23N5O/c1-29-9-7-21-23(15-29)22(16-30(2)26(21)32)18-6-10-31-24(14-28-25(31)12-18)19-3-4-20-13-27-8-5-17(20)11-19/h3-6,8,10-14,16H,7,9,15H2,1-2H3. The van der Waals surface area contributed by atoms with Gasteiger partial charge in [0, 0.05) is 67.0 Å². The molecule has 0 radical (unpaired) electrons. The molecule has 1 aliphatic heterocycles. The Labute approximate surface area is 185 Å². The van der Waals surface area contributed by atoms with Crippen LogP contribution < -0.4 is 5.56 Å². The topological polar surface area (TPSA) is 55.4 Å². The molecule has 0 fully saturated rings. The normalized spacial score (nSPS) is 14.2. The maximum atomic E-state index is 12.7. The summed E-state index contributed by atoms with van der Waals surface area (Å²) >= 11 is 0. The number of nitrogens with zero attached hydrogens (tertiary/aromatic N) is 5. The zero-order valence-corrected chi connectivity index (χ0v) is 18.1. The third kappa shape index (κ3) is 2.95. The Morgan fingerprint density at radius 3 is 2.75 bits per heavy atom. The second-order valence-electron chi connectivity index (χ2n) is 8.63. The van der Waals surface area contributed by atoms with Gasteiger partial charge in [-0.05, 0) is 54.2 Å². The number of likely N-dealkylation sites (N-methyl/N-ethyl adjacent to an activating group) is 1. The van der Waals surface area contributed by atoms with Crippen molar-refractivity contribution in [3.8, 4) is 22.4 Å². The molecule has 0 unspecified atom stereocenters. The molecule has 0 bridgehead atoms. The van der Waals surface area contributed by atoms with E-state index in [0.717, 1.165) is 69.4 Å². The van der Waals surface area contributed by atoms with Crippen LogP contribution in [0.3, 0.4) is 0 Å². The van der Waals surface area contributed by atoms with Crippen molar-refractivity contribution >= 4 is 16.4 Å². The van der Waals surface area contributed by atoms with Crippen LogP contribution in [-0.4, -0.2) is 37.4 Å². The van der Waals surface area contributed by atoms with Crippen LogP contribution in [0, 0.1) is 0 Å². The largest absolute Gasteiger partial charge is 0.318 e. The Morgan fingerprint density at radius 2 is 1.84 bits per heavy atom. The molecule has 4 aromatic heterocycles. The number of hydrogen-bond donors (Lipinski definition) is 0. The van der Waals surface area contributed by atoms with E-state index in [1.54, 1.807) is 4.57 Å². The van der Waals surface area contributed by atoms with Crippen LogP contribution >= 0.6 is 0 Å². The third-order valence-electron chi connectivity index (χ3n) is 6.52. The van der Waals surface area contributed by atoms with E-state index in [4.69, 9.17) is 4.98 Å². The Balaban J connectivity index is 1.48. The molecule has 0 aliphatic carbocycles. The number of pyridine rings is 3. The average molecular weight is 422 g/mol. The summed E-state index contributed by atoms with van der Waals surface area (Å²) < 4.78 is 3.83. The number of aryl methyl sites for hydroxylation is 1. The summed E-state index contributed by atoms with van der Waals surface area (Å²) in [6, 6.07) is 12.6. The lowest BCUT2D eigenvalue weighted by Crippen LogP contribution is -2.34. The predicted molar refractivity (Wildman–Crippen MR) is 127 cm³/mol. The van der Waals surface area contributed by atoms with Crippen LogP contribution in [0.5, 0.6) is 0 Å². The van der Waals surface area contributed by atoms with E-state index in [1.165, 1.54) is 0 Å². The van der Waals surface area contributed by atoms with Crippen LogP contribution in [-0.2, 0) is 20.0 Å². The Bertz CT molecular complexity index is 1560. The first-order valence-corrected chi connectivity index (χ1v) is 10.8. The highest BCUT2D eigenvalue weighted by atomic mass is 16.1. The van der Waals surface area contributed by atoms with Crippen molar-refractivity contribution in [2.24, 2.45) is 7.05 Å². The molecule has 0 saturated carbocycles. The average Bonchev–Trinajstić information content (AvgIpc) is 3.24. The number of benzene rings is 1. The highest BCUT2D eigenvalue weighted by Crippen LogP contribution is 2.31. The number of rotatable bonds is 2. The van der Waals surface area contributed by atoms with Gasteiger partial charge in [-0.1, -0.05) is 12.1 Å². The molecule has 0 spiro atoms. The molecule has 0 atom stereocenters. The molecule has 6 nitrogen and oxygen atoms in total. The fourth-order valence-electron chi connectivity index (χ4n) is 4.78. The van der Waals surface area contributed by atoms with E-state index in [9.17, 15) is 4.79 Å². The Kier molecular flexibility index (Phi) is 4.23. The van der Waals surface area contributed by atoms with Gasteiger partial charge in [-0.3, -0.25) is 14.2 Å². The molecule has 6 heteroatoms. The van der Waals surface area contributed by atoms with Crippen LogP contribution in [0.15, 0.2) is 72.2 Å². The van der Waals surface area contributed by atoms with Crippen LogP contribution in [0.25, 0.3) is 38.8 Å². The lowest BCUT2D eigenvalue weighted by molar-refractivity contribution is 0.311. The molecule has 0 saturated heterocycles. The van der Waals surface area contributed by atoms with E-state index in [1.807, 2.05) is 37.9 Å². The van der Waals surface area contributed by atoms with Gasteiger partial charge in [0.15, 0.2) is 0 Å². The van der Waals surface area contributed by atoms with Gasteiger partial charge in [0.05, 0.1) is 11.9 Å². The van der Waals surface area contributed by atoms with Crippen LogP contribution in [0.1, 0.15) is 11.1 Å². The number of hydrogen-bond acceptors (Lipinski definition) is 4. The van der Waals surface area contributed by atoms with Gasteiger partial charge in [0.1, 0.15) is 5.65 Å².